The number of alkyl halides is 1. The van der Waals surface area contributed by atoms with Crippen molar-refractivity contribution in [3.8, 4) is 17.2 Å². The maximum Gasteiger partial charge on any atom is 0.274 e. The Morgan fingerprint density at radius 1 is 1.12 bits per heavy atom. The van der Waals surface area contributed by atoms with Gasteiger partial charge >= 0.3 is 0 Å². The Kier molecular flexibility index (Phi) is 4.94. The van der Waals surface area contributed by atoms with Gasteiger partial charge in [0.1, 0.15) is 22.9 Å². The molecule has 168 valence electrons. The van der Waals surface area contributed by atoms with E-state index >= 15 is 0 Å². The zero-order chi connectivity index (χ0) is 23.4. The van der Waals surface area contributed by atoms with Crippen molar-refractivity contribution in [1.29, 1.82) is 0 Å². The highest BCUT2D eigenvalue weighted by molar-refractivity contribution is 6.19. The first-order chi connectivity index (χ1) is 15.8. The third-order valence-electron chi connectivity index (χ3n) is 6.22. The van der Waals surface area contributed by atoms with Crippen molar-refractivity contribution >= 4 is 50.7 Å². The van der Waals surface area contributed by atoms with Gasteiger partial charge < -0.3 is 24.8 Å². The number of hydrogen-bond donors (Lipinski definition) is 3. The van der Waals surface area contributed by atoms with Gasteiger partial charge in [-0.15, -0.1) is 11.6 Å². The summed E-state index contributed by atoms with van der Waals surface area (Å²) in [6.45, 7) is 1.73. The number of amides is 1. The number of aromatic nitrogens is 1. The molecule has 1 aliphatic heterocycles. The van der Waals surface area contributed by atoms with Gasteiger partial charge in [-0.1, -0.05) is 0 Å². The molecular formula is C25H21ClN2O5. The van der Waals surface area contributed by atoms with Gasteiger partial charge in [-0.3, -0.25) is 9.59 Å². The molecule has 7 nitrogen and oxygen atoms in total. The first-order valence-corrected chi connectivity index (χ1v) is 10.9. The predicted molar refractivity (Wildman–Crippen MR) is 127 cm³/mol. The Morgan fingerprint density at radius 3 is 2.61 bits per heavy atom. The van der Waals surface area contributed by atoms with Crippen LogP contribution >= 0.6 is 11.6 Å². The van der Waals surface area contributed by atoms with Crippen molar-refractivity contribution in [2.45, 2.75) is 12.8 Å². The number of benzene rings is 3. The van der Waals surface area contributed by atoms with Crippen LogP contribution in [0.2, 0.25) is 0 Å². The van der Waals surface area contributed by atoms with E-state index in [1.54, 1.807) is 42.3 Å². The molecule has 0 saturated heterocycles. The summed E-state index contributed by atoms with van der Waals surface area (Å²) in [5.41, 5.74) is 2.52. The van der Waals surface area contributed by atoms with Crippen molar-refractivity contribution in [3.63, 3.8) is 0 Å². The highest BCUT2D eigenvalue weighted by atomic mass is 35.5. The van der Waals surface area contributed by atoms with Crippen LogP contribution < -0.4 is 9.64 Å². The zero-order valence-corrected chi connectivity index (χ0v) is 18.7. The van der Waals surface area contributed by atoms with Gasteiger partial charge in [-0.25, -0.2) is 0 Å². The molecule has 4 aromatic rings. The molecule has 0 fully saturated rings. The number of carbonyl (C=O) groups excluding carboxylic acids is 2. The van der Waals surface area contributed by atoms with Gasteiger partial charge in [0.25, 0.3) is 5.91 Å². The molecule has 3 N–H and O–H groups in total. The molecule has 0 radical (unpaired) electrons. The van der Waals surface area contributed by atoms with Crippen molar-refractivity contribution in [2.75, 3.05) is 24.4 Å². The molecule has 2 heterocycles. The predicted octanol–water partition coefficient (Wildman–Crippen LogP) is 4.93. The number of hydrogen-bond acceptors (Lipinski definition) is 5. The number of nitrogens with zero attached hydrogens (tertiary/aromatic N) is 1. The van der Waals surface area contributed by atoms with E-state index in [0.717, 1.165) is 10.9 Å². The lowest BCUT2D eigenvalue weighted by Crippen LogP contribution is -2.30. The van der Waals surface area contributed by atoms with Crippen LogP contribution in [-0.2, 0) is 0 Å². The van der Waals surface area contributed by atoms with E-state index in [9.17, 15) is 19.8 Å². The molecule has 1 aliphatic rings. The number of phenolic OH excluding ortho intramolecular Hbond substituents is 2. The summed E-state index contributed by atoms with van der Waals surface area (Å²) in [5.74, 6) is 0.173. The standard InChI is InChI=1S/C25H21ClN2O5/c1-12(29)17-5-13-6-20(27-19(13)8-22(17)30)25(32)28-11-14(10-26)24-18-7-15(33-2)3-4-16(18)23(31)9-21(24)28/h3-9,14,27,30-31H,10-11H2,1-2H3/t14-/m1/s1. The summed E-state index contributed by atoms with van der Waals surface area (Å²) in [6.07, 6.45) is 0. The Balaban J connectivity index is 1.63. The van der Waals surface area contributed by atoms with E-state index in [1.165, 1.54) is 13.0 Å². The van der Waals surface area contributed by atoms with Gasteiger partial charge in [0, 0.05) is 46.8 Å². The third kappa shape index (κ3) is 3.27. The molecule has 0 bridgehead atoms. The third-order valence-corrected chi connectivity index (χ3v) is 6.59. The summed E-state index contributed by atoms with van der Waals surface area (Å²) in [4.78, 5) is 29.9. The molecule has 0 spiro atoms. The molecule has 3 aromatic carbocycles. The first kappa shape index (κ1) is 21.2. The second-order valence-electron chi connectivity index (χ2n) is 8.20. The summed E-state index contributed by atoms with van der Waals surface area (Å²) in [7, 11) is 1.57. The second kappa shape index (κ2) is 7.71. The maximum atomic E-state index is 13.5. The molecule has 1 atom stereocenters. The number of methoxy groups -OCH3 is 1. The van der Waals surface area contributed by atoms with Crippen LogP contribution in [0.25, 0.3) is 21.7 Å². The quantitative estimate of drug-likeness (QED) is 0.293. The Bertz CT molecular complexity index is 1460. The number of nitrogens with one attached hydrogen (secondary N) is 1. The average Bonchev–Trinajstić information content (AvgIpc) is 3.38. The molecule has 0 aliphatic carbocycles. The molecule has 0 unspecified atom stereocenters. The van der Waals surface area contributed by atoms with E-state index in [1.807, 2.05) is 6.07 Å². The van der Waals surface area contributed by atoms with Crippen LogP contribution in [0.1, 0.15) is 39.3 Å². The number of halogens is 1. The highest BCUT2D eigenvalue weighted by Gasteiger charge is 2.35. The van der Waals surface area contributed by atoms with Gasteiger partial charge in [0.05, 0.1) is 18.4 Å². The summed E-state index contributed by atoms with van der Waals surface area (Å²) >= 11 is 6.29. The first-order valence-electron chi connectivity index (χ1n) is 10.4. The van der Waals surface area contributed by atoms with Gasteiger partial charge in [0.15, 0.2) is 5.78 Å². The SMILES string of the molecule is COc1ccc2c(O)cc3c(c2c1)[C@H](CCl)CN3C(=O)c1cc2cc(C(C)=O)c(O)cc2[nH]1. The largest absolute Gasteiger partial charge is 0.507 e. The van der Waals surface area contributed by atoms with Gasteiger partial charge in [-0.2, -0.15) is 0 Å². The highest BCUT2D eigenvalue weighted by Crippen LogP contribution is 2.46. The number of Topliss-reactive ketones (excluding diaryl/α,β-unsaturated/α-hetero) is 1. The summed E-state index contributed by atoms with van der Waals surface area (Å²) < 4.78 is 5.36. The zero-order valence-electron chi connectivity index (χ0n) is 18.0. The fourth-order valence-electron chi connectivity index (χ4n) is 4.61. The lowest BCUT2D eigenvalue weighted by Gasteiger charge is -2.17. The lowest BCUT2D eigenvalue weighted by molar-refractivity contribution is 0.0982. The molecule has 8 heteroatoms. The number of aromatic amines is 1. The number of aromatic hydroxyl groups is 2. The topological polar surface area (TPSA) is 103 Å². The number of anilines is 1. The van der Waals surface area contributed by atoms with E-state index in [-0.39, 0.29) is 34.7 Å². The van der Waals surface area contributed by atoms with Crippen LogP contribution in [0.4, 0.5) is 5.69 Å². The number of ketones is 1. The molecular weight excluding hydrogens is 444 g/mol. The summed E-state index contributed by atoms with van der Waals surface area (Å²) in [5, 5.41) is 22.9. The van der Waals surface area contributed by atoms with Crippen LogP contribution in [0.5, 0.6) is 17.2 Å². The fourth-order valence-corrected chi connectivity index (χ4v) is 4.86. The minimum absolute atomic E-state index is 0.0621. The molecule has 5 rings (SSSR count). The Labute approximate surface area is 194 Å². The monoisotopic (exact) mass is 464 g/mol. The summed E-state index contributed by atoms with van der Waals surface area (Å²) in [6, 6.07) is 11.7. The lowest BCUT2D eigenvalue weighted by atomic mass is 9.95. The average molecular weight is 465 g/mol. The van der Waals surface area contributed by atoms with Crippen molar-refractivity contribution in [3.05, 3.63) is 59.3 Å². The second-order valence-corrected chi connectivity index (χ2v) is 8.51. The van der Waals surface area contributed by atoms with E-state index in [0.29, 0.717) is 45.8 Å². The van der Waals surface area contributed by atoms with E-state index in [2.05, 4.69) is 4.98 Å². The number of phenols is 2. The fraction of sp³-hybridized carbons (Fsp3) is 0.200. The van der Waals surface area contributed by atoms with Crippen LogP contribution in [-0.4, -0.2) is 46.4 Å². The van der Waals surface area contributed by atoms with E-state index in [4.69, 9.17) is 16.3 Å². The Hall–Kier alpha value is -3.71. The molecule has 1 aromatic heterocycles. The van der Waals surface area contributed by atoms with Crippen molar-refractivity contribution in [2.24, 2.45) is 0 Å². The van der Waals surface area contributed by atoms with Crippen LogP contribution in [0.15, 0.2) is 42.5 Å². The number of ether oxygens (including phenoxy) is 1. The molecule has 0 saturated carbocycles. The van der Waals surface area contributed by atoms with Crippen molar-refractivity contribution < 1.29 is 24.5 Å². The minimum Gasteiger partial charge on any atom is -0.507 e. The number of rotatable bonds is 4. The number of fused-ring (bicyclic) bond motifs is 4. The normalized spacial score (nSPS) is 15.2. The number of H-pyrrole nitrogens is 1. The smallest absolute Gasteiger partial charge is 0.274 e. The van der Waals surface area contributed by atoms with E-state index < -0.39 is 0 Å². The Morgan fingerprint density at radius 2 is 1.91 bits per heavy atom. The van der Waals surface area contributed by atoms with Gasteiger partial charge in [0.2, 0.25) is 0 Å². The van der Waals surface area contributed by atoms with Crippen molar-refractivity contribution in [1.82, 2.24) is 4.98 Å². The molecule has 33 heavy (non-hydrogen) atoms. The van der Waals surface area contributed by atoms with Crippen LogP contribution in [0, 0.1) is 0 Å². The van der Waals surface area contributed by atoms with Gasteiger partial charge in [-0.05, 0) is 48.2 Å². The molecule has 1 amide bonds. The maximum absolute atomic E-state index is 13.5. The van der Waals surface area contributed by atoms with Crippen LogP contribution in [0.3, 0.4) is 0 Å². The minimum atomic E-state index is -0.300. The number of carbonyl (C=O) groups is 2.